The topological polar surface area (TPSA) is 90.1 Å². The number of hydrogen-bond donors (Lipinski definition) is 1. The van der Waals surface area contributed by atoms with Crippen molar-refractivity contribution in [3.8, 4) is 0 Å². The molecule has 1 N–H and O–H groups in total. The summed E-state index contributed by atoms with van der Waals surface area (Å²) in [6, 6.07) is 3.94. The predicted molar refractivity (Wildman–Crippen MR) is 74.3 cm³/mol. The fourth-order valence-corrected chi connectivity index (χ4v) is 2.03. The third kappa shape index (κ3) is 2.73. The van der Waals surface area contributed by atoms with Crippen LogP contribution in [0.3, 0.4) is 0 Å². The quantitative estimate of drug-likeness (QED) is 0.696. The summed E-state index contributed by atoms with van der Waals surface area (Å²) in [6.07, 6.45) is 1.31. The third-order valence-corrected chi connectivity index (χ3v) is 3.03. The zero-order valence-electron chi connectivity index (χ0n) is 10.1. The van der Waals surface area contributed by atoms with E-state index in [2.05, 4.69) is 10.4 Å². The van der Waals surface area contributed by atoms with Gasteiger partial charge in [0.05, 0.1) is 16.1 Å². The molecule has 7 nitrogen and oxygen atoms in total. The molecular formula is C11H8Cl2N4O3. The molecule has 2 aromatic rings. The summed E-state index contributed by atoms with van der Waals surface area (Å²) in [5.41, 5.74) is -0.165. The first kappa shape index (κ1) is 14.3. The lowest BCUT2D eigenvalue weighted by Crippen LogP contribution is -2.17. The van der Waals surface area contributed by atoms with E-state index in [0.717, 1.165) is 6.07 Å². The second-order valence-corrected chi connectivity index (χ2v) is 4.68. The van der Waals surface area contributed by atoms with Crippen molar-refractivity contribution in [3.05, 3.63) is 50.2 Å². The Morgan fingerprint density at radius 1 is 1.45 bits per heavy atom. The summed E-state index contributed by atoms with van der Waals surface area (Å²) < 4.78 is 1.28. The van der Waals surface area contributed by atoms with Crippen LogP contribution in [-0.2, 0) is 7.05 Å². The lowest BCUT2D eigenvalue weighted by Gasteiger charge is -2.07. The molecule has 20 heavy (non-hydrogen) atoms. The van der Waals surface area contributed by atoms with E-state index in [1.54, 1.807) is 0 Å². The van der Waals surface area contributed by atoms with Crippen LogP contribution < -0.4 is 5.32 Å². The van der Waals surface area contributed by atoms with Crippen molar-refractivity contribution in [2.45, 2.75) is 0 Å². The van der Waals surface area contributed by atoms with Gasteiger partial charge in [-0.3, -0.25) is 19.6 Å². The van der Waals surface area contributed by atoms with Crippen molar-refractivity contribution >= 4 is 40.5 Å². The molecule has 0 spiro atoms. The Balaban J connectivity index is 2.36. The van der Waals surface area contributed by atoms with Gasteiger partial charge in [-0.2, -0.15) is 5.10 Å². The Bertz CT molecular complexity index is 679. The maximum Gasteiger partial charge on any atom is 0.294 e. The number of hydrogen-bond acceptors (Lipinski definition) is 4. The fourth-order valence-electron chi connectivity index (χ4n) is 1.61. The number of aryl methyl sites for hydroxylation is 1. The van der Waals surface area contributed by atoms with Crippen molar-refractivity contribution in [2.24, 2.45) is 7.05 Å². The number of benzene rings is 1. The SMILES string of the molecule is Cn1ncc(Cl)c1C(=O)Nc1ccc(Cl)cc1[N+](=O)[O-]. The summed E-state index contributed by atoms with van der Waals surface area (Å²) in [5.74, 6) is -0.597. The van der Waals surface area contributed by atoms with Gasteiger partial charge in [0, 0.05) is 18.1 Å². The maximum atomic E-state index is 12.1. The van der Waals surface area contributed by atoms with E-state index in [9.17, 15) is 14.9 Å². The Morgan fingerprint density at radius 3 is 2.70 bits per heavy atom. The van der Waals surface area contributed by atoms with Crippen molar-refractivity contribution in [1.82, 2.24) is 9.78 Å². The molecule has 9 heteroatoms. The molecule has 0 saturated heterocycles. The number of aromatic nitrogens is 2. The van der Waals surface area contributed by atoms with E-state index < -0.39 is 10.8 Å². The number of carbonyl (C=O) groups excluding carboxylic acids is 1. The van der Waals surface area contributed by atoms with Crippen LogP contribution in [0.2, 0.25) is 10.0 Å². The number of carbonyl (C=O) groups is 1. The molecule has 0 bridgehead atoms. The van der Waals surface area contributed by atoms with Crippen molar-refractivity contribution in [1.29, 1.82) is 0 Å². The monoisotopic (exact) mass is 314 g/mol. The Labute approximate surface area is 123 Å². The van der Waals surface area contributed by atoms with Crippen LogP contribution in [0.15, 0.2) is 24.4 Å². The van der Waals surface area contributed by atoms with Crippen LogP contribution in [-0.4, -0.2) is 20.6 Å². The molecule has 0 atom stereocenters. The molecule has 0 aliphatic rings. The highest BCUT2D eigenvalue weighted by atomic mass is 35.5. The summed E-state index contributed by atoms with van der Waals surface area (Å²) in [4.78, 5) is 22.4. The van der Waals surface area contributed by atoms with E-state index in [4.69, 9.17) is 23.2 Å². The lowest BCUT2D eigenvalue weighted by molar-refractivity contribution is -0.383. The predicted octanol–water partition coefficient (Wildman–Crippen LogP) is 2.89. The number of nitro groups is 1. The molecule has 0 aliphatic heterocycles. The smallest absolute Gasteiger partial charge is 0.294 e. The highest BCUT2D eigenvalue weighted by molar-refractivity contribution is 6.34. The minimum absolute atomic E-state index is 0.0293. The molecule has 0 radical (unpaired) electrons. The van der Waals surface area contributed by atoms with E-state index in [-0.39, 0.29) is 27.1 Å². The number of halogens is 2. The minimum Gasteiger partial charge on any atom is -0.315 e. The molecule has 2 rings (SSSR count). The van der Waals surface area contributed by atoms with Gasteiger partial charge in [0.15, 0.2) is 0 Å². The van der Waals surface area contributed by atoms with Gasteiger partial charge in [0.25, 0.3) is 11.6 Å². The molecule has 0 fully saturated rings. The largest absolute Gasteiger partial charge is 0.315 e. The molecule has 1 heterocycles. The summed E-state index contributed by atoms with van der Waals surface area (Å²) in [7, 11) is 1.54. The van der Waals surface area contributed by atoms with Crippen LogP contribution in [0.4, 0.5) is 11.4 Å². The van der Waals surface area contributed by atoms with Crippen LogP contribution in [0.1, 0.15) is 10.5 Å². The van der Waals surface area contributed by atoms with E-state index >= 15 is 0 Å². The first-order valence-corrected chi connectivity index (χ1v) is 6.08. The average Bonchev–Trinajstić information content (AvgIpc) is 2.71. The maximum absolute atomic E-state index is 12.1. The average molecular weight is 315 g/mol. The molecule has 0 saturated carbocycles. The zero-order valence-corrected chi connectivity index (χ0v) is 11.6. The second-order valence-electron chi connectivity index (χ2n) is 3.84. The lowest BCUT2D eigenvalue weighted by atomic mass is 10.2. The van der Waals surface area contributed by atoms with Gasteiger partial charge < -0.3 is 5.32 Å². The number of nitrogens with one attached hydrogen (secondary N) is 1. The van der Waals surface area contributed by atoms with Gasteiger partial charge in [-0.1, -0.05) is 23.2 Å². The molecule has 1 aromatic heterocycles. The van der Waals surface area contributed by atoms with Gasteiger partial charge >= 0.3 is 0 Å². The Hall–Kier alpha value is -2.12. The molecule has 104 valence electrons. The number of anilines is 1. The highest BCUT2D eigenvalue weighted by Gasteiger charge is 2.20. The standard InChI is InChI=1S/C11H8Cl2N4O3/c1-16-10(7(13)5-14-16)11(18)15-8-3-2-6(12)4-9(8)17(19)20/h2-5H,1H3,(H,15,18). The van der Waals surface area contributed by atoms with Gasteiger partial charge in [0.1, 0.15) is 11.4 Å². The zero-order chi connectivity index (χ0) is 14.9. The van der Waals surface area contributed by atoms with Crippen LogP contribution >= 0.6 is 23.2 Å². The van der Waals surface area contributed by atoms with Gasteiger partial charge in [0.2, 0.25) is 0 Å². The Kier molecular flexibility index (Phi) is 3.91. The van der Waals surface area contributed by atoms with Gasteiger partial charge in [-0.05, 0) is 12.1 Å². The summed E-state index contributed by atoms with van der Waals surface area (Å²) in [5, 5.41) is 17.5. The van der Waals surface area contributed by atoms with E-state index in [0.29, 0.717) is 0 Å². The van der Waals surface area contributed by atoms with Gasteiger partial charge in [-0.25, -0.2) is 0 Å². The highest BCUT2D eigenvalue weighted by Crippen LogP contribution is 2.28. The molecular weight excluding hydrogens is 307 g/mol. The minimum atomic E-state index is -0.633. The van der Waals surface area contributed by atoms with Gasteiger partial charge in [-0.15, -0.1) is 0 Å². The molecule has 1 amide bonds. The Morgan fingerprint density at radius 2 is 2.15 bits per heavy atom. The third-order valence-electron chi connectivity index (χ3n) is 2.51. The van der Waals surface area contributed by atoms with Crippen molar-refractivity contribution in [2.75, 3.05) is 5.32 Å². The fraction of sp³-hybridized carbons (Fsp3) is 0.0909. The van der Waals surface area contributed by atoms with Crippen LogP contribution in [0.5, 0.6) is 0 Å². The van der Waals surface area contributed by atoms with E-state index in [1.165, 1.54) is 30.1 Å². The van der Waals surface area contributed by atoms with Crippen LogP contribution in [0.25, 0.3) is 0 Å². The van der Waals surface area contributed by atoms with E-state index in [1.807, 2.05) is 0 Å². The van der Waals surface area contributed by atoms with Crippen LogP contribution in [0, 0.1) is 10.1 Å². The summed E-state index contributed by atoms with van der Waals surface area (Å²) in [6.45, 7) is 0. The molecule has 0 aliphatic carbocycles. The molecule has 1 aromatic carbocycles. The number of nitrogens with zero attached hydrogens (tertiary/aromatic N) is 3. The number of nitro benzene ring substituents is 1. The number of rotatable bonds is 3. The first-order chi connectivity index (χ1) is 9.40. The second kappa shape index (κ2) is 5.48. The first-order valence-electron chi connectivity index (χ1n) is 5.33. The molecule has 0 unspecified atom stereocenters. The normalized spacial score (nSPS) is 10.3. The van der Waals surface area contributed by atoms with Crippen molar-refractivity contribution < 1.29 is 9.72 Å². The van der Waals surface area contributed by atoms with Crippen molar-refractivity contribution in [3.63, 3.8) is 0 Å². The number of amides is 1. The summed E-state index contributed by atoms with van der Waals surface area (Å²) >= 11 is 11.5.